The second kappa shape index (κ2) is 18.1. The highest BCUT2D eigenvalue weighted by Gasteiger charge is 2.21. The van der Waals surface area contributed by atoms with Crippen LogP contribution in [0, 0.1) is 24.7 Å². The summed E-state index contributed by atoms with van der Waals surface area (Å²) in [5, 5.41) is 8.73. The van der Waals surface area contributed by atoms with Crippen molar-refractivity contribution in [1.29, 1.82) is 0 Å². The van der Waals surface area contributed by atoms with Crippen molar-refractivity contribution in [3.8, 4) is 0 Å². The van der Waals surface area contributed by atoms with E-state index in [0.717, 1.165) is 48.3 Å². The fourth-order valence-corrected chi connectivity index (χ4v) is 3.88. The molecule has 9 nitrogen and oxygen atoms in total. The third-order valence-corrected chi connectivity index (χ3v) is 6.66. The summed E-state index contributed by atoms with van der Waals surface area (Å²) >= 11 is 0. The molecule has 0 radical (unpaired) electrons. The molecule has 234 valence electrons. The Kier molecular flexibility index (Phi) is 16.2. The van der Waals surface area contributed by atoms with Crippen molar-refractivity contribution >= 4 is 23.4 Å². The van der Waals surface area contributed by atoms with E-state index < -0.39 is 5.41 Å². The molecule has 3 amide bonds. The molecule has 1 aromatic rings. The summed E-state index contributed by atoms with van der Waals surface area (Å²) in [6, 6.07) is 3.85. The van der Waals surface area contributed by atoms with E-state index in [1.54, 1.807) is 0 Å². The number of nitrogens with zero attached hydrogens (tertiary/aromatic N) is 1. The van der Waals surface area contributed by atoms with Crippen LogP contribution < -0.4 is 16.0 Å². The second-order valence-corrected chi connectivity index (χ2v) is 13.2. The minimum absolute atomic E-state index is 0.00238. The summed E-state index contributed by atoms with van der Waals surface area (Å²) in [6.45, 7) is 20.6. The van der Waals surface area contributed by atoms with Crippen LogP contribution >= 0.6 is 0 Å². The smallest absolute Gasteiger partial charge is 0.246 e. The molecule has 0 aliphatic carbocycles. The van der Waals surface area contributed by atoms with Crippen LogP contribution in [0.4, 0.5) is 5.69 Å². The lowest BCUT2D eigenvalue weighted by atomic mass is 9.92. The van der Waals surface area contributed by atoms with Gasteiger partial charge < -0.3 is 30.3 Å². The fourth-order valence-electron chi connectivity index (χ4n) is 3.88. The number of amides is 3. The summed E-state index contributed by atoms with van der Waals surface area (Å²) in [7, 11) is 2.12. The van der Waals surface area contributed by atoms with Gasteiger partial charge in [-0.15, -0.1) is 0 Å². The second-order valence-electron chi connectivity index (χ2n) is 13.2. The van der Waals surface area contributed by atoms with Crippen molar-refractivity contribution in [2.75, 3.05) is 58.4 Å². The summed E-state index contributed by atoms with van der Waals surface area (Å²) < 4.78 is 11.2. The molecule has 0 aromatic heterocycles. The molecule has 0 saturated heterocycles. The first-order valence-corrected chi connectivity index (χ1v) is 14.9. The van der Waals surface area contributed by atoms with Crippen molar-refractivity contribution in [2.45, 2.75) is 87.7 Å². The lowest BCUT2D eigenvalue weighted by Crippen LogP contribution is -2.30. The highest BCUT2D eigenvalue weighted by atomic mass is 16.5. The standard InChI is InChI=1S/C32H56N4O5/c1-24-20-26(35-30(39)32(6,7)8)21-25(2)27(24)22-41-23-29(38)34-15-11-18-40-19-12-28(37)33-14-10-16-36(9)17-13-31(3,4)5/h20-21H,10-19,22-23H2,1-9H3,(H,33,37)(H,34,38)(H,35,39). The number of carbonyl (C=O) groups is 3. The first-order valence-electron chi connectivity index (χ1n) is 14.9. The van der Waals surface area contributed by atoms with E-state index in [9.17, 15) is 14.4 Å². The number of nitrogens with one attached hydrogen (secondary N) is 3. The molecule has 0 aliphatic rings. The molecule has 9 heteroatoms. The SMILES string of the molecule is Cc1cc(NC(=O)C(C)(C)C)cc(C)c1COCC(=O)NCCCOCCC(=O)NCCCN(C)CCC(C)(C)C. The van der Waals surface area contributed by atoms with Crippen LogP contribution in [0.15, 0.2) is 12.1 Å². The first-order chi connectivity index (χ1) is 19.1. The average molecular weight is 577 g/mol. The number of carbonyl (C=O) groups excluding carboxylic acids is 3. The van der Waals surface area contributed by atoms with Gasteiger partial charge in [-0.05, 0) is 87.5 Å². The molecular formula is C32H56N4O5. The number of hydrogen-bond acceptors (Lipinski definition) is 6. The molecule has 0 spiro atoms. The van der Waals surface area contributed by atoms with Gasteiger partial charge in [0.1, 0.15) is 6.61 Å². The van der Waals surface area contributed by atoms with Gasteiger partial charge in [0.15, 0.2) is 0 Å². The summed E-state index contributed by atoms with van der Waals surface area (Å²) in [4.78, 5) is 38.7. The third kappa shape index (κ3) is 17.2. The molecule has 0 bridgehead atoms. The molecule has 0 fully saturated rings. The van der Waals surface area contributed by atoms with Crippen molar-refractivity contribution < 1.29 is 23.9 Å². The van der Waals surface area contributed by atoms with E-state index in [1.807, 2.05) is 46.8 Å². The van der Waals surface area contributed by atoms with Crippen LogP contribution in [-0.4, -0.2) is 75.7 Å². The molecule has 0 atom stereocenters. The van der Waals surface area contributed by atoms with Gasteiger partial charge >= 0.3 is 0 Å². The van der Waals surface area contributed by atoms with Gasteiger partial charge in [-0.3, -0.25) is 14.4 Å². The quantitative estimate of drug-likeness (QED) is 0.221. The van der Waals surface area contributed by atoms with Crippen LogP contribution in [0.1, 0.15) is 83.9 Å². The van der Waals surface area contributed by atoms with Gasteiger partial charge in [-0.2, -0.15) is 0 Å². The maximum Gasteiger partial charge on any atom is 0.246 e. The largest absolute Gasteiger partial charge is 0.381 e. The van der Waals surface area contributed by atoms with Gasteiger partial charge in [-0.25, -0.2) is 0 Å². The third-order valence-electron chi connectivity index (χ3n) is 6.66. The zero-order valence-corrected chi connectivity index (χ0v) is 27.1. The Hall–Kier alpha value is -2.49. The number of ether oxygens (including phenoxy) is 2. The predicted molar refractivity (Wildman–Crippen MR) is 166 cm³/mol. The van der Waals surface area contributed by atoms with E-state index in [4.69, 9.17) is 9.47 Å². The number of aryl methyl sites for hydroxylation is 2. The first kappa shape index (κ1) is 36.5. The predicted octanol–water partition coefficient (Wildman–Crippen LogP) is 4.59. The Morgan fingerprint density at radius 1 is 0.829 bits per heavy atom. The minimum Gasteiger partial charge on any atom is -0.381 e. The highest BCUT2D eigenvalue weighted by molar-refractivity contribution is 5.94. The molecular weight excluding hydrogens is 520 g/mol. The Morgan fingerprint density at radius 3 is 2.05 bits per heavy atom. The monoisotopic (exact) mass is 576 g/mol. The van der Waals surface area contributed by atoms with Gasteiger partial charge in [0.25, 0.3) is 0 Å². The van der Waals surface area contributed by atoms with Crippen LogP contribution in [-0.2, 0) is 30.5 Å². The molecule has 0 heterocycles. The van der Waals surface area contributed by atoms with Crippen LogP contribution in [0.5, 0.6) is 0 Å². The van der Waals surface area contributed by atoms with Crippen LogP contribution in [0.3, 0.4) is 0 Å². The molecule has 1 rings (SSSR count). The van der Waals surface area contributed by atoms with E-state index in [2.05, 4.69) is 48.7 Å². The lowest BCUT2D eigenvalue weighted by Gasteiger charge is -2.23. The maximum atomic E-state index is 12.3. The maximum absolute atomic E-state index is 12.3. The number of hydrogen-bond donors (Lipinski definition) is 3. The zero-order chi connectivity index (χ0) is 31.1. The van der Waals surface area contributed by atoms with Crippen molar-refractivity contribution in [3.05, 3.63) is 28.8 Å². The normalized spacial score (nSPS) is 12.0. The molecule has 1 aromatic carbocycles. The molecule has 41 heavy (non-hydrogen) atoms. The zero-order valence-electron chi connectivity index (χ0n) is 27.1. The molecule has 3 N–H and O–H groups in total. The number of anilines is 1. The highest BCUT2D eigenvalue weighted by Crippen LogP contribution is 2.23. The number of rotatable bonds is 18. The lowest BCUT2D eigenvalue weighted by molar-refractivity contribution is -0.126. The van der Waals surface area contributed by atoms with E-state index in [1.165, 1.54) is 0 Å². The summed E-state index contributed by atoms with van der Waals surface area (Å²) in [5.74, 6) is -0.218. The summed E-state index contributed by atoms with van der Waals surface area (Å²) in [5.41, 5.74) is 3.63. The Balaban J connectivity index is 2.12. The van der Waals surface area contributed by atoms with Gasteiger partial charge in [-0.1, -0.05) is 41.5 Å². The van der Waals surface area contributed by atoms with Crippen molar-refractivity contribution in [2.24, 2.45) is 10.8 Å². The van der Waals surface area contributed by atoms with Crippen molar-refractivity contribution in [3.63, 3.8) is 0 Å². The van der Waals surface area contributed by atoms with E-state index >= 15 is 0 Å². The van der Waals surface area contributed by atoms with Crippen molar-refractivity contribution in [1.82, 2.24) is 15.5 Å². The summed E-state index contributed by atoms with van der Waals surface area (Å²) in [6.07, 6.45) is 3.08. The van der Waals surface area contributed by atoms with Gasteiger partial charge in [0.05, 0.1) is 13.2 Å². The number of benzene rings is 1. The topological polar surface area (TPSA) is 109 Å². The molecule has 0 aliphatic heterocycles. The Bertz CT molecular complexity index is 943. The minimum atomic E-state index is -0.470. The van der Waals surface area contributed by atoms with Gasteiger partial charge in [0.2, 0.25) is 17.7 Å². The molecule has 0 saturated carbocycles. The van der Waals surface area contributed by atoms with Gasteiger partial charge in [0, 0.05) is 37.2 Å². The Morgan fingerprint density at radius 2 is 1.44 bits per heavy atom. The Labute approximate surface area is 248 Å². The fraction of sp³-hybridized carbons (Fsp3) is 0.719. The van der Waals surface area contributed by atoms with Crippen LogP contribution in [0.25, 0.3) is 0 Å². The molecule has 0 unspecified atom stereocenters. The van der Waals surface area contributed by atoms with Crippen LogP contribution in [0.2, 0.25) is 0 Å². The van der Waals surface area contributed by atoms with E-state index in [0.29, 0.717) is 51.2 Å². The average Bonchev–Trinajstić information content (AvgIpc) is 2.85. The van der Waals surface area contributed by atoms with E-state index in [-0.39, 0.29) is 24.3 Å².